The predicted octanol–water partition coefficient (Wildman–Crippen LogP) is 3.05. The monoisotopic (exact) mass is 407 g/mol. The van der Waals surface area contributed by atoms with Crippen molar-refractivity contribution in [1.29, 1.82) is 0 Å². The number of carbonyl (C=O) groups is 2. The Morgan fingerprint density at radius 3 is 3.11 bits per heavy atom. The van der Waals surface area contributed by atoms with Crippen molar-refractivity contribution in [2.45, 2.75) is 23.2 Å². The zero-order chi connectivity index (χ0) is 19.2. The Morgan fingerprint density at radius 1 is 1.52 bits per heavy atom. The van der Waals surface area contributed by atoms with Gasteiger partial charge in [-0.1, -0.05) is 17.8 Å². The van der Waals surface area contributed by atoms with Crippen LogP contribution in [0.3, 0.4) is 0 Å². The molecule has 0 spiro atoms. The molecular formula is C18H21N3O4S2. The average Bonchev–Trinajstić information content (AvgIpc) is 3.28. The Hall–Kier alpha value is -2.26. The fourth-order valence-corrected chi connectivity index (χ4v) is 4.74. The summed E-state index contributed by atoms with van der Waals surface area (Å²) < 4.78 is 5.94. The Kier molecular flexibility index (Phi) is 6.57. The number of methoxy groups -OCH3 is 1. The lowest BCUT2D eigenvalue weighted by atomic mass is 10.2. The molecule has 1 amide bonds. The van der Waals surface area contributed by atoms with E-state index in [1.807, 2.05) is 29.2 Å². The van der Waals surface area contributed by atoms with Crippen LogP contribution in [0.2, 0.25) is 0 Å². The summed E-state index contributed by atoms with van der Waals surface area (Å²) in [6.45, 7) is 1.31. The molecule has 1 unspecified atom stereocenters. The van der Waals surface area contributed by atoms with Crippen LogP contribution in [0.5, 0.6) is 5.75 Å². The highest BCUT2D eigenvalue weighted by molar-refractivity contribution is 8.01. The highest BCUT2D eigenvalue weighted by Crippen LogP contribution is 2.25. The van der Waals surface area contributed by atoms with Crippen molar-refractivity contribution in [1.82, 2.24) is 9.88 Å². The lowest BCUT2D eigenvalue weighted by Gasteiger charge is -2.25. The van der Waals surface area contributed by atoms with Gasteiger partial charge in [-0.2, -0.15) is 0 Å². The van der Waals surface area contributed by atoms with Gasteiger partial charge in [-0.3, -0.25) is 4.79 Å². The second kappa shape index (κ2) is 9.09. The van der Waals surface area contributed by atoms with Gasteiger partial charge in [0.05, 0.1) is 7.11 Å². The summed E-state index contributed by atoms with van der Waals surface area (Å²) in [5.74, 6) is 0.628. The topological polar surface area (TPSA) is 91.8 Å². The largest absolute Gasteiger partial charge is 0.497 e. The van der Waals surface area contributed by atoms with E-state index in [1.165, 1.54) is 28.5 Å². The number of carboxylic acids is 1. The van der Waals surface area contributed by atoms with Gasteiger partial charge in [-0.05, 0) is 18.6 Å². The normalized spacial score (nSPS) is 16.6. The summed E-state index contributed by atoms with van der Waals surface area (Å²) in [5, 5.41) is 13.8. The number of anilines is 1. The second-order valence-electron chi connectivity index (χ2n) is 6.04. The fraction of sp³-hybridized carbons (Fsp3) is 0.389. The van der Waals surface area contributed by atoms with Crippen LogP contribution in [0.15, 0.2) is 34.0 Å². The first-order valence-corrected chi connectivity index (χ1v) is 10.4. The molecule has 7 nitrogen and oxygen atoms in total. The molecule has 0 saturated carbocycles. The number of thioether (sulfide) groups is 1. The zero-order valence-corrected chi connectivity index (χ0v) is 16.5. The number of nitrogens with one attached hydrogen (secondary N) is 1. The molecule has 2 aromatic rings. The number of ether oxygens (including phenoxy) is 1. The molecule has 1 aliphatic heterocycles. The molecule has 9 heteroatoms. The SMILES string of the molecule is COc1cccc(NCC2CCC(=O)N2CCSc2nc(C(=O)O)cs2)c1. The minimum atomic E-state index is -1.02. The van der Waals surface area contributed by atoms with E-state index in [1.54, 1.807) is 7.11 Å². The van der Waals surface area contributed by atoms with Crippen LogP contribution in [-0.2, 0) is 4.79 Å². The van der Waals surface area contributed by atoms with Crippen LogP contribution in [0, 0.1) is 0 Å². The third kappa shape index (κ3) is 5.14. The first-order chi connectivity index (χ1) is 13.1. The molecule has 0 radical (unpaired) electrons. The summed E-state index contributed by atoms with van der Waals surface area (Å²) in [5.41, 5.74) is 1.03. The van der Waals surface area contributed by atoms with Crippen LogP contribution < -0.4 is 10.1 Å². The maximum Gasteiger partial charge on any atom is 0.355 e. The summed E-state index contributed by atoms with van der Waals surface area (Å²) in [6, 6.07) is 7.87. The zero-order valence-electron chi connectivity index (χ0n) is 14.9. The molecular weight excluding hydrogens is 386 g/mol. The minimum Gasteiger partial charge on any atom is -0.497 e. The standard InChI is InChI=1S/C18H21N3O4S2/c1-25-14-4-2-3-12(9-14)19-10-13-5-6-16(22)21(13)7-8-26-18-20-15(11-27-18)17(23)24/h2-4,9,11,13,19H,5-8,10H2,1H3,(H,23,24). The number of rotatable bonds is 9. The maximum absolute atomic E-state index is 12.2. The van der Waals surface area contributed by atoms with E-state index in [-0.39, 0.29) is 17.6 Å². The van der Waals surface area contributed by atoms with Gasteiger partial charge in [0.15, 0.2) is 10.0 Å². The maximum atomic E-state index is 12.2. The summed E-state index contributed by atoms with van der Waals surface area (Å²) >= 11 is 2.80. The first kappa shape index (κ1) is 19.5. The van der Waals surface area contributed by atoms with Gasteiger partial charge < -0.3 is 20.1 Å². The van der Waals surface area contributed by atoms with Crippen LogP contribution in [0.1, 0.15) is 23.3 Å². The van der Waals surface area contributed by atoms with Gasteiger partial charge in [-0.25, -0.2) is 9.78 Å². The Morgan fingerprint density at radius 2 is 2.37 bits per heavy atom. The van der Waals surface area contributed by atoms with Crippen LogP contribution >= 0.6 is 23.1 Å². The van der Waals surface area contributed by atoms with Crippen molar-refractivity contribution < 1.29 is 19.4 Å². The number of hydrogen-bond acceptors (Lipinski definition) is 7. The number of carboxylic acid groups (broad SMARTS) is 1. The lowest BCUT2D eigenvalue weighted by molar-refractivity contribution is -0.128. The van der Waals surface area contributed by atoms with E-state index in [0.29, 0.717) is 29.6 Å². The van der Waals surface area contributed by atoms with E-state index < -0.39 is 5.97 Å². The highest BCUT2D eigenvalue weighted by atomic mass is 32.2. The number of aromatic nitrogens is 1. The summed E-state index contributed by atoms with van der Waals surface area (Å²) in [4.78, 5) is 29.1. The fourth-order valence-electron chi connectivity index (χ4n) is 2.93. The Balaban J connectivity index is 1.50. The van der Waals surface area contributed by atoms with Crippen molar-refractivity contribution in [3.8, 4) is 5.75 Å². The van der Waals surface area contributed by atoms with Crippen molar-refractivity contribution >= 4 is 40.7 Å². The molecule has 27 heavy (non-hydrogen) atoms. The molecule has 1 aliphatic rings. The number of thiazole rings is 1. The van der Waals surface area contributed by atoms with E-state index in [2.05, 4.69) is 10.3 Å². The number of hydrogen-bond donors (Lipinski definition) is 2. The summed E-state index contributed by atoms with van der Waals surface area (Å²) in [6.07, 6.45) is 1.40. The van der Waals surface area contributed by atoms with Gasteiger partial charge in [-0.15, -0.1) is 11.3 Å². The third-order valence-electron chi connectivity index (χ3n) is 4.32. The van der Waals surface area contributed by atoms with Gasteiger partial charge in [0.2, 0.25) is 5.91 Å². The number of benzene rings is 1. The van der Waals surface area contributed by atoms with Gasteiger partial charge in [0.1, 0.15) is 5.75 Å². The molecule has 1 fully saturated rings. The van der Waals surface area contributed by atoms with Crippen LogP contribution in [-0.4, -0.2) is 58.9 Å². The average molecular weight is 408 g/mol. The van der Waals surface area contributed by atoms with Crippen molar-refractivity contribution in [2.24, 2.45) is 0 Å². The molecule has 144 valence electrons. The van der Waals surface area contributed by atoms with Gasteiger partial charge in [0.25, 0.3) is 0 Å². The van der Waals surface area contributed by atoms with E-state index >= 15 is 0 Å². The van der Waals surface area contributed by atoms with Crippen molar-refractivity contribution in [2.75, 3.05) is 31.3 Å². The number of amides is 1. The lowest BCUT2D eigenvalue weighted by Crippen LogP contribution is -2.39. The molecule has 1 atom stereocenters. The molecule has 1 aromatic heterocycles. The molecule has 0 bridgehead atoms. The summed E-state index contributed by atoms with van der Waals surface area (Å²) in [7, 11) is 1.63. The van der Waals surface area contributed by atoms with Crippen LogP contribution in [0.25, 0.3) is 0 Å². The number of nitrogens with zero attached hydrogens (tertiary/aromatic N) is 2. The number of carbonyl (C=O) groups excluding carboxylic acids is 1. The van der Waals surface area contributed by atoms with Crippen molar-refractivity contribution in [3.63, 3.8) is 0 Å². The number of aromatic carboxylic acids is 1. The van der Waals surface area contributed by atoms with E-state index in [0.717, 1.165) is 17.9 Å². The van der Waals surface area contributed by atoms with E-state index in [4.69, 9.17) is 9.84 Å². The molecule has 3 rings (SSSR count). The molecule has 2 N–H and O–H groups in total. The molecule has 2 heterocycles. The molecule has 0 aliphatic carbocycles. The van der Waals surface area contributed by atoms with Gasteiger partial charge >= 0.3 is 5.97 Å². The molecule has 1 saturated heterocycles. The van der Waals surface area contributed by atoms with E-state index in [9.17, 15) is 9.59 Å². The Bertz CT molecular complexity index is 811. The van der Waals surface area contributed by atoms with Gasteiger partial charge in [0, 0.05) is 48.4 Å². The first-order valence-electron chi connectivity index (χ1n) is 8.56. The minimum absolute atomic E-state index is 0.0696. The Labute approximate surface area is 165 Å². The van der Waals surface area contributed by atoms with Crippen molar-refractivity contribution in [3.05, 3.63) is 35.3 Å². The molecule has 1 aromatic carbocycles. The third-order valence-corrected chi connectivity index (χ3v) is 6.33. The smallest absolute Gasteiger partial charge is 0.355 e. The number of likely N-dealkylation sites (tertiary alicyclic amines) is 1. The van der Waals surface area contributed by atoms with Crippen LogP contribution in [0.4, 0.5) is 5.69 Å². The second-order valence-corrected chi connectivity index (χ2v) is 8.24. The predicted molar refractivity (Wildman–Crippen MR) is 106 cm³/mol. The highest BCUT2D eigenvalue weighted by Gasteiger charge is 2.30. The quantitative estimate of drug-likeness (QED) is 0.617.